The lowest BCUT2D eigenvalue weighted by Crippen LogP contribution is -2.44. The lowest BCUT2D eigenvalue weighted by atomic mass is 9.69. The van der Waals surface area contributed by atoms with E-state index in [0.29, 0.717) is 11.5 Å². The number of hydrogen-bond acceptors (Lipinski definition) is 1. The first-order chi connectivity index (χ1) is 10.2. The van der Waals surface area contributed by atoms with Crippen molar-refractivity contribution < 1.29 is 0 Å². The molecule has 112 valence electrons. The number of nitrogens with one attached hydrogen (secondary N) is 1. The van der Waals surface area contributed by atoms with E-state index in [1.54, 1.807) is 0 Å². The summed E-state index contributed by atoms with van der Waals surface area (Å²) in [5.74, 6) is 0. The molecule has 2 aromatic carbocycles. The first kappa shape index (κ1) is 14.6. The van der Waals surface area contributed by atoms with E-state index >= 15 is 0 Å². The van der Waals surface area contributed by atoms with Crippen molar-refractivity contribution in [3.8, 4) is 0 Å². The standard InChI is InChI=1S/C20H27N/c1-20(13-6-3-7-14-20)19(21-2)15-17-11-8-10-16-9-4-5-12-18(16)17/h4-5,8-12,19,21H,3,6-7,13-15H2,1-2H3. The van der Waals surface area contributed by atoms with Crippen molar-refractivity contribution in [2.24, 2.45) is 5.41 Å². The number of benzene rings is 2. The highest BCUT2D eigenvalue weighted by atomic mass is 14.9. The van der Waals surface area contributed by atoms with Crippen LogP contribution in [0.4, 0.5) is 0 Å². The van der Waals surface area contributed by atoms with E-state index < -0.39 is 0 Å². The third-order valence-electron chi connectivity index (χ3n) is 5.49. The van der Waals surface area contributed by atoms with Gasteiger partial charge in [-0.25, -0.2) is 0 Å². The molecule has 2 aromatic rings. The van der Waals surface area contributed by atoms with Crippen LogP contribution < -0.4 is 5.32 Å². The second-order valence-electron chi connectivity index (χ2n) is 6.90. The lowest BCUT2D eigenvalue weighted by molar-refractivity contribution is 0.149. The maximum Gasteiger partial charge on any atom is 0.0158 e. The quantitative estimate of drug-likeness (QED) is 0.837. The summed E-state index contributed by atoms with van der Waals surface area (Å²) in [6.45, 7) is 2.48. The van der Waals surface area contributed by atoms with Gasteiger partial charge in [-0.05, 0) is 48.1 Å². The van der Waals surface area contributed by atoms with Crippen LogP contribution in [0.5, 0.6) is 0 Å². The molecule has 3 rings (SSSR count). The Morgan fingerprint density at radius 1 is 1.00 bits per heavy atom. The SMILES string of the molecule is CNC(Cc1cccc2ccccc12)C1(C)CCCCC1. The Bertz CT molecular complexity index is 590. The van der Waals surface area contributed by atoms with Crippen LogP contribution in [0.2, 0.25) is 0 Å². The molecule has 0 saturated heterocycles. The second kappa shape index (κ2) is 6.19. The van der Waals surface area contributed by atoms with Crippen LogP contribution in [0.25, 0.3) is 10.8 Å². The van der Waals surface area contributed by atoms with Crippen molar-refractivity contribution in [1.82, 2.24) is 5.32 Å². The summed E-state index contributed by atoms with van der Waals surface area (Å²) in [7, 11) is 2.13. The maximum absolute atomic E-state index is 3.63. The minimum Gasteiger partial charge on any atom is -0.316 e. The summed E-state index contributed by atoms with van der Waals surface area (Å²) in [6.07, 6.45) is 8.07. The molecule has 0 aromatic heterocycles. The van der Waals surface area contributed by atoms with Crippen LogP contribution in [0.3, 0.4) is 0 Å². The normalized spacial score (nSPS) is 19.5. The monoisotopic (exact) mass is 281 g/mol. The Hall–Kier alpha value is -1.34. The van der Waals surface area contributed by atoms with E-state index in [4.69, 9.17) is 0 Å². The molecule has 0 amide bonds. The highest BCUT2D eigenvalue weighted by Crippen LogP contribution is 2.40. The minimum atomic E-state index is 0.448. The van der Waals surface area contributed by atoms with Crippen molar-refractivity contribution in [3.05, 3.63) is 48.0 Å². The van der Waals surface area contributed by atoms with Crippen molar-refractivity contribution in [3.63, 3.8) is 0 Å². The molecule has 1 aliphatic carbocycles. The molecule has 1 N–H and O–H groups in total. The van der Waals surface area contributed by atoms with E-state index in [9.17, 15) is 0 Å². The summed E-state index contributed by atoms with van der Waals surface area (Å²) < 4.78 is 0. The smallest absolute Gasteiger partial charge is 0.0158 e. The predicted molar refractivity (Wildman–Crippen MR) is 91.7 cm³/mol. The Labute approximate surface area is 128 Å². The van der Waals surface area contributed by atoms with E-state index in [0.717, 1.165) is 6.42 Å². The van der Waals surface area contributed by atoms with Crippen molar-refractivity contribution in [2.45, 2.75) is 51.5 Å². The van der Waals surface area contributed by atoms with Gasteiger partial charge in [-0.3, -0.25) is 0 Å². The molecule has 0 spiro atoms. The fourth-order valence-electron chi connectivity index (χ4n) is 4.10. The van der Waals surface area contributed by atoms with Crippen LogP contribution in [-0.2, 0) is 6.42 Å². The van der Waals surface area contributed by atoms with Gasteiger partial charge in [0.2, 0.25) is 0 Å². The second-order valence-corrected chi connectivity index (χ2v) is 6.90. The van der Waals surface area contributed by atoms with Gasteiger partial charge in [0, 0.05) is 6.04 Å². The molecule has 1 nitrogen and oxygen atoms in total. The van der Waals surface area contributed by atoms with E-state index in [-0.39, 0.29) is 0 Å². The Morgan fingerprint density at radius 3 is 2.48 bits per heavy atom. The Balaban J connectivity index is 1.89. The molecule has 1 saturated carbocycles. The van der Waals surface area contributed by atoms with Gasteiger partial charge >= 0.3 is 0 Å². The predicted octanol–water partition coefficient (Wildman–Crippen LogP) is 4.94. The first-order valence-electron chi connectivity index (χ1n) is 8.37. The number of fused-ring (bicyclic) bond motifs is 1. The molecule has 1 unspecified atom stereocenters. The van der Waals surface area contributed by atoms with Gasteiger partial charge < -0.3 is 5.32 Å². The third-order valence-corrected chi connectivity index (χ3v) is 5.49. The average molecular weight is 281 g/mol. The van der Waals surface area contributed by atoms with E-state index in [1.807, 2.05) is 0 Å². The molecular formula is C20H27N. The molecule has 0 heterocycles. The first-order valence-corrected chi connectivity index (χ1v) is 8.37. The van der Waals surface area contributed by atoms with Crippen LogP contribution >= 0.6 is 0 Å². The molecule has 21 heavy (non-hydrogen) atoms. The third kappa shape index (κ3) is 2.98. The van der Waals surface area contributed by atoms with Gasteiger partial charge in [0.15, 0.2) is 0 Å². The molecule has 0 bridgehead atoms. The van der Waals surface area contributed by atoms with Crippen molar-refractivity contribution in [1.29, 1.82) is 0 Å². The summed E-state index contributed by atoms with van der Waals surface area (Å²) in [6, 6.07) is 16.1. The molecule has 1 aliphatic rings. The summed E-state index contributed by atoms with van der Waals surface area (Å²) in [5.41, 5.74) is 1.93. The zero-order valence-corrected chi connectivity index (χ0v) is 13.4. The Morgan fingerprint density at radius 2 is 1.71 bits per heavy atom. The van der Waals surface area contributed by atoms with Crippen LogP contribution in [0.1, 0.15) is 44.6 Å². The summed E-state index contributed by atoms with van der Waals surface area (Å²) in [5, 5.41) is 6.40. The van der Waals surface area contributed by atoms with Crippen molar-refractivity contribution in [2.75, 3.05) is 7.05 Å². The zero-order chi connectivity index (χ0) is 14.7. The molecule has 1 fully saturated rings. The molecule has 1 atom stereocenters. The molecular weight excluding hydrogens is 254 g/mol. The molecule has 1 heteroatoms. The van der Waals surface area contributed by atoms with Crippen LogP contribution in [-0.4, -0.2) is 13.1 Å². The summed E-state index contributed by atoms with van der Waals surface area (Å²) >= 11 is 0. The maximum atomic E-state index is 3.63. The number of hydrogen-bond donors (Lipinski definition) is 1. The highest BCUT2D eigenvalue weighted by Gasteiger charge is 2.34. The summed E-state index contributed by atoms with van der Waals surface area (Å²) in [4.78, 5) is 0. The molecule has 0 radical (unpaired) electrons. The lowest BCUT2D eigenvalue weighted by Gasteiger charge is -2.41. The van der Waals surface area contributed by atoms with Gasteiger partial charge in [-0.1, -0.05) is 68.7 Å². The fourth-order valence-corrected chi connectivity index (χ4v) is 4.10. The fraction of sp³-hybridized carbons (Fsp3) is 0.500. The zero-order valence-electron chi connectivity index (χ0n) is 13.4. The topological polar surface area (TPSA) is 12.0 Å². The van der Waals surface area contributed by atoms with Gasteiger partial charge in [-0.15, -0.1) is 0 Å². The number of likely N-dealkylation sites (N-methyl/N-ethyl adjacent to an activating group) is 1. The van der Waals surface area contributed by atoms with E-state index in [1.165, 1.54) is 48.4 Å². The highest BCUT2D eigenvalue weighted by molar-refractivity contribution is 5.85. The minimum absolute atomic E-state index is 0.448. The van der Waals surface area contributed by atoms with Gasteiger partial charge in [0.1, 0.15) is 0 Å². The Kier molecular flexibility index (Phi) is 4.30. The number of rotatable bonds is 4. The largest absolute Gasteiger partial charge is 0.316 e. The molecule has 0 aliphatic heterocycles. The van der Waals surface area contributed by atoms with Gasteiger partial charge in [0.25, 0.3) is 0 Å². The van der Waals surface area contributed by atoms with Gasteiger partial charge in [0.05, 0.1) is 0 Å². The van der Waals surface area contributed by atoms with E-state index in [2.05, 4.69) is 61.8 Å². The van der Waals surface area contributed by atoms with Gasteiger partial charge in [-0.2, -0.15) is 0 Å². The van der Waals surface area contributed by atoms with Crippen molar-refractivity contribution >= 4 is 10.8 Å². The van der Waals surface area contributed by atoms with Crippen LogP contribution in [0.15, 0.2) is 42.5 Å². The van der Waals surface area contributed by atoms with Crippen LogP contribution in [0, 0.1) is 5.41 Å². The average Bonchev–Trinajstić information content (AvgIpc) is 2.53.